The maximum atomic E-state index is 5.76. The molecule has 0 spiro atoms. The van der Waals surface area contributed by atoms with Crippen LogP contribution < -0.4 is 5.73 Å². The fraction of sp³-hybridized carbons (Fsp3) is 0.435. The van der Waals surface area contributed by atoms with Crippen LogP contribution in [0.3, 0.4) is 0 Å². The number of nitrogens with zero attached hydrogens (tertiary/aromatic N) is 3. The third-order valence-electron chi connectivity index (χ3n) is 5.56. The molecule has 0 atom stereocenters. The molecule has 2 heterocycles. The van der Waals surface area contributed by atoms with Gasteiger partial charge in [0.25, 0.3) is 0 Å². The van der Waals surface area contributed by atoms with Crippen molar-refractivity contribution in [2.45, 2.75) is 45.2 Å². The SMILES string of the molecule is NCCCn1c(-c2ccc(CN3CCCCCC3)cc2)nc2ccccc21. The summed E-state index contributed by atoms with van der Waals surface area (Å²) in [4.78, 5) is 7.50. The number of rotatable bonds is 6. The van der Waals surface area contributed by atoms with E-state index < -0.39 is 0 Å². The van der Waals surface area contributed by atoms with Gasteiger partial charge in [-0.1, -0.05) is 49.2 Å². The second-order valence-corrected chi connectivity index (χ2v) is 7.61. The smallest absolute Gasteiger partial charge is 0.141 e. The van der Waals surface area contributed by atoms with Crippen LogP contribution in [0, 0.1) is 0 Å². The predicted molar refractivity (Wildman–Crippen MR) is 113 cm³/mol. The van der Waals surface area contributed by atoms with E-state index in [2.05, 4.69) is 58.0 Å². The van der Waals surface area contributed by atoms with E-state index in [1.807, 2.05) is 0 Å². The van der Waals surface area contributed by atoms with Crippen LogP contribution in [0.2, 0.25) is 0 Å². The molecule has 2 N–H and O–H groups in total. The van der Waals surface area contributed by atoms with Gasteiger partial charge in [-0.15, -0.1) is 0 Å². The van der Waals surface area contributed by atoms with Crippen LogP contribution in [0.4, 0.5) is 0 Å². The molecule has 0 amide bonds. The van der Waals surface area contributed by atoms with Gasteiger partial charge in [0, 0.05) is 18.7 Å². The lowest BCUT2D eigenvalue weighted by Gasteiger charge is -2.19. The molecule has 4 nitrogen and oxygen atoms in total. The van der Waals surface area contributed by atoms with Crippen LogP contribution >= 0.6 is 0 Å². The summed E-state index contributed by atoms with van der Waals surface area (Å²) in [6, 6.07) is 17.4. The molecule has 0 saturated carbocycles. The molecule has 1 aliphatic rings. The Morgan fingerprint density at radius 3 is 2.37 bits per heavy atom. The molecule has 0 unspecified atom stereocenters. The Kier molecular flexibility index (Phi) is 5.85. The van der Waals surface area contributed by atoms with Crippen molar-refractivity contribution in [3.63, 3.8) is 0 Å². The molecule has 142 valence electrons. The van der Waals surface area contributed by atoms with Gasteiger partial charge in [-0.2, -0.15) is 0 Å². The molecule has 1 fully saturated rings. The summed E-state index contributed by atoms with van der Waals surface area (Å²) in [6.45, 7) is 5.12. The molecule has 1 aliphatic heterocycles. The van der Waals surface area contributed by atoms with Crippen molar-refractivity contribution in [1.29, 1.82) is 0 Å². The van der Waals surface area contributed by atoms with Crippen LogP contribution in [0.25, 0.3) is 22.4 Å². The number of hydrogen-bond acceptors (Lipinski definition) is 3. The number of fused-ring (bicyclic) bond motifs is 1. The second-order valence-electron chi connectivity index (χ2n) is 7.61. The monoisotopic (exact) mass is 362 g/mol. The lowest BCUT2D eigenvalue weighted by molar-refractivity contribution is 0.277. The van der Waals surface area contributed by atoms with E-state index in [9.17, 15) is 0 Å². The average molecular weight is 363 g/mol. The molecule has 4 heteroatoms. The number of likely N-dealkylation sites (tertiary alicyclic amines) is 1. The summed E-state index contributed by atoms with van der Waals surface area (Å²) in [6.07, 6.45) is 6.40. The van der Waals surface area contributed by atoms with Gasteiger partial charge in [0.05, 0.1) is 11.0 Å². The normalized spacial score (nSPS) is 15.9. The topological polar surface area (TPSA) is 47.1 Å². The van der Waals surface area contributed by atoms with Gasteiger partial charge in [-0.25, -0.2) is 4.98 Å². The highest BCUT2D eigenvalue weighted by Crippen LogP contribution is 2.26. The first-order chi connectivity index (χ1) is 13.3. The number of aromatic nitrogens is 2. The minimum absolute atomic E-state index is 0.695. The zero-order chi connectivity index (χ0) is 18.5. The number of hydrogen-bond donors (Lipinski definition) is 1. The number of aryl methyl sites for hydroxylation is 1. The molecule has 4 rings (SSSR count). The summed E-state index contributed by atoms with van der Waals surface area (Å²) in [5.41, 5.74) is 10.6. The Labute approximate surface area is 162 Å². The molecule has 0 radical (unpaired) electrons. The Bertz CT molecular complexity index is 858. The Hall–Kier alpha value is -2.17. The van der Waals surface area contributed by atoms with E-state index in [1.54, 1.807) is 0 Å². The zero-order valence-corrected chi connectivity index (χ0v) is 16.1. The van der Waals surface area contributed by atoms with Crippen LogP contribution in [0.5, 0.6) is 0 Å². The minimum Gasteiger partial charge on any atom is -0.330 e. The lowest BCUT2D eigenvalue weighted by Crippen LogP contribution is -2.23. The average Bonchev–Trinajstić information content (AvgIpc) is 2.87. The largest absolute Gasteiger partial charge is 0.330 e. The zero-order valence-electron chi connectivity index (χ0n) is 16.1. The number of nitrogens with two attached hydrogens (primary N) is 1. The Morgan fingerprint density at radius 2 is 1.63 bits per heavy atom. The van der Waals surface area contributed by atoms with E-state index in [4.69, 9.17) is 10.7 Å². The second kappa shape index (κ2) is 8.68. The summed E-state index contributed by atoms with van der Waals surface area (Å²) >= 11 is 0. The third-order valence-corrected chi connectivity index (χ3v) is 5.56. The van der Waals surface area contributed by atoms with Crippen molar-refractivity contribution in [2.75, 3.05) is 19.6 Å². The van der Waals surface area contributed by atoms with Crippen LogP contribution in [0.15, 0.2) is 48.5 Å². The molecule has 0 aliphatic carbocycles. The number of imidazole rings is 1. The van der Waals surface area contributed by atoms with Crippen molar-refractivity contribution in [1.82, 2.24) is 14.5 Å². The molecule has 27 heavy (non-hydrogen) atoms. The maximum absolute atomic E-state index is 5.76. The van der Waals surface area contributed by atoms with Crippen molar-refractivity contribution in [3.05, 3.63) is 54.1 Å². The summed E-state index contributed by atoms with van der Waals surface area (Å²) in [5.74, 6) is 1.05. The van der Waals surface area contributed by atoms with Crippen molar-refractivity contribution < 1.29 is 0 Å². The van der Waals surface area contributed by atoms with E-state index >= 15 is 0 Å². The van der Waals surface area contributed by atoms with Gasteiger partial charge in [-0.3, -0.25) is 4.90 Å². The van der Waals surface area contributed by atoms with Gasteiger partial charge >= 0.3 is 0 Å². The summed E-state index contributed by atoms with van der Waals surface area (Å²) in [5, 5.41) is 0. The number of para-hydroxylation sites is 2. The first kappa shape index (κ1) is 18.2. The molecule has 1 saturated heterocycles. The van der Waals surface area contributed by atoms with Crippen molar-refractivity contribution >= 4 is 11.0 Å². The number of benzene rings is 2. The van der Waals surface area contributed by atoms with E-state index in [-0.39, 0.29) is 0 Å². The maximum Gasteiger partial charge on any atom is 0.141 e. The lowest BCUT2D eigenvalue weighted by atomic mass is 10.1. The highest BCUT2D eigenvalue weighted by Gasteiger charge is 2.13. The van der Waals surface area contributed by atoms with Gasteiger partial charge in [0.15, 0.2) is 0 Å². The van der Waals surface area contributed by atoms with Gasteiger partial charge in [0.2, 0.25) is 0 Å². The molecular formula is C23H30N4. The van der Waals surface area contributed by atoms with Crippen molar-refractivity contribution in [3.8, 4) is 11.4 Å². The Morgan fingerprint density at radius 1 is 0.889 bits per heavy atom. The first-order valence-corrected chi connectivity index (χ1v) is 10.3. The van der Waals surface area contributed by atoms with Gasteiger partial charge < -0.3 is 10.3 Å². The highest BCUT2D eigenvalue weighted by atomic mass is 15.1. The standard InChI is InChI=1S/C23H30N4/c24-14-7-17-27-22-9-4-3-8-21(22)25-23(27)20-12-10-19(11-13-20)18-26-15-5-1-2-6-16-26/h3-4,8-13H,1-2,5-7,14-18,24H2. The molecular weight excluding hydrogens is 332 g/mol. The summed E-state index contributed by atoms with van der Waals surface area (Å²) in [7, 11) is 0. The molecule has 0 bridgehead atoms. The fourth-order valence-corrected chi connectivity index (χ4v) is 4.08. The Balaban J connectivity index is 1.58. The highest BCUT2D eigenvalue weighted by molar-refractivity contribution is 5.80. The van der Waals surface area contributed by atoms with Crippen LogP contribution in [0.1, 0.15) is 37.7 Å². The third kappa shape index (κ3) is 4.23. The predicted octanol–water partition coefficient (Wildman–Crippen LogP) is 4.43. The quantitative estimate of drug-likeness (QED) is 0.706. The summed E-state index contributed by atoms with van der Waals surface area (Å²) < 4.78 is 2.31. The first-order valence-electron chi connectivity index (χ1n) is 10.3. The van der Waals surface area contributed by atoms with Crippen molar-refractivity contribution in [2.24, 2.45) is 5.73 Å². The molecule has 1 aromatic heterocycles. The molecule has 3 aromatic rings. The van der Waals surface area contributed by atoms with E-state index in [0.717, 1.165) is 30.9 Å². The van der Waals surface area contributed by atoms with Crippen LogP contribution in [-0.4, -0.2) is 34.1 Å². The van der Waals surface area contributed by atoms with Crippen LogP contribution in [-0.2, 0) is 13.1 Å². The van der Waals surface area contributed by atoms with E-state index in [0.29, 0.717) is 6.54 Å². The van der Waals surface area contributed by atoms with Gasteiger partial charge in [0.1, 0.15) is 5.82 Å². The van der Waals surface area contributed by atoms with Gasteiger partial charge in [-0.05, 0) is 56.6 Å². The minimum atomic E-state index is 0.695. The fourth-order valence-electron chi connectivity index (χ4n) is 4.08. The molecule has 2 aromatic carbocycles. The van der Waals surface area contributed by atoms with E-state index in [1.165, 1.54) is 55.4 Å².